The van der Waals surface area contributed by atoms with E-state index < -0.39 is 10.6 Å². The molecule has 0 bridgehead atoms. The van der Waals surface area contributed by atoms with Gasteiger partial charge in [-0.25, -0.2) is 0 Å². The van der Waals surface area contributed by atoms with E-state index in [-0.39, 0.29) is 11.1 Å². The van der Waals surface area contributed by atoms with Gasteiger partial charge in [0.25, 0.3) is 5.69 Å². The van der Waals surface area contributed by atoms with Gasteiger partial charge in [0.15, 0.2) is 0 Å². The molecular weight excluding hydrogens is 316 g/mol. The predicted molar refractivity (Wildman–Crippen MR) is 97.7 cm³/mol. The van der Waals surface area contributed by atoms with Crippen LogP contribution in [0.15, 0.2) is 48.5 Å². The highest BCUT2D eigenvalue weighted by atomic mass is 16.6. The number of hydrogen-bond acceptors (Lipinski definition) is 4. The van der Waals surface area contributed by atoms with Gasteiger partial charge in [-0.2, -0.15) is 0 Å². The minimum Gasteiger partial charge on any atom is -0.463 e. The minimum atomic E-state index is -0.707. The van der Waals surface area contributed by atoms with Crippen molar-refractivity contribution in [1.29, 1.82) is 0 Å². The van der Waals surface area contributed by atoms with Gasteiger partial charge in [0.05, 0.1) is 10.3 Å². The summed E-state index contributed by atoms with van der Waals surface area (Å²) >= 11 is 0. The van der Waals surface area contributed by atoms with Crippen molar-refractivity contribution in [3.63, 3.8) is 0 Å². The molecule has 2 aromatic rings. The van der Waals surface area contributed by atoms with E-state index in [1.54, 1.807) is 12.1 Å². The van der Waals surface area contributed by atoms with E-state index in [2.05, 4.69) is 37.8 Å². The molecule has 5 heteroatoms. The highest BCUT2D eigenvalue weighted by molar-refractivity contribution is 5.73. The third-order valence-electron chi connectivity index (χ3n) is 5.35. The Labute approximate surface area is 146 Å². The molecule has 5 nitrogen and oxygen atoms in total. The number of benzene rings is 2. The fourth-order valence-corrected chi connectivity index (χ4v) is 3.99. The zero-order valence-corrected chi connectivity index (χ0v) is 14.2. The second-order valence-electron chi connectivity index (χ2n) is 6.90. The first-order valence-electron chi connectivity index (χ1n) is 8.24. The molecule has 25 heavy (non-hydrogen) atoms. The second-order valence-corrected chi connectivity index (χ2v) is 6.90. The van der Waals surface area contributed by atoms with Crippen molar-refractivity contribution in [3.05, 3.63) is 76.7 Å². The lowest BCUT2D eigenvalue weighted by molar-refractivity contribution is -0.384. The minimum absolute atomic E-state index is 0.0610. The Bertz CT molecular complexity index is 904. The van der Waals surface area contributed by atoms with E-state index in [0.717, 1.165) is 11.3 Å². The summed E-state index contributed by atoms with van der Waals surface area (Å²) < 4.78 is 6.49. The Hall–Kier alpha value is -2.82. The van der Waals surface area contributed by atoms with Gasteiger partial charge in [-0.15, -0.1) is 0 Å². The van der Waals surface area contributed by atoms with Crippen molar-refractivity contribution in [2.75, 3.05) is 11.4 Å². The van der Waals surface area contributed by atoms with Gasteiger partial charge in [0.2, 0.25) is 5.72 Å². The van der Waals surface area contributed by atoms with Gasteiger partial charge in [0, 0.05) is 29.9 Å². The number of fused-ring (bicyclic) bond motifs is 2. The molecule has 2 aliphatic rings. The zero-order chi connectivity index (χ0) is 17.8. The normalized spacial score (nSPS) is 22.4. The molecule has 1 radical (unpaired) electrons. The first kappa shape index (κ1) is 15.7. The monoisotopic (exact) mass is 335 g/mol. The van der Waals surface area contributed by atoms with E-state index in [4.69, 9.17) is 4.74 Å². The molecule has 0 aliphatic carbocycles. The van der Waals surface area contributed by atoms with Crippen LogP contribution in [-0.2, 0) is 5.41 Å². The molecule has 2 aromatic carbocycles. The second kappa shape index (κ2) is 5.09. The molecule has 4 rings (SSSR count). The molecule has 0 aromatic heterocycles. The molecule has 1 spiro atoms. The number of ether oxygens (including phenoxy) is 1. The smallest absolute Gasteiger partial charge is 0.270 e. The van der Waals surface area contributed by atoms with Crippen molar-refractivity contribution in [3.8, 4) is 5.75 Å². The summed E-state index contributed by atoms with van der Waals surface area (Å²) in [5, 5.41) is 11.0. The predicted octanol–water partition coefficient (Wildman–Crippen LogP) is 4.33. The van der Waals surface area contributed by atoms with Crippen molar-refractivity contribution in [1.82, 2.24) is 0 Å². The van der Waals surface area contributed by atoms with Crippen LogP contribution in [0.5, 0.6) is 5.75 Å². The Morgan fingerprint density at radius 1 is 1.24 bits per heavy atom. The zero-order valence-electron chi connectivity index (χ0n) is 14.2. The molecule has 0 saturated carbocycles. The topological polar surface area (TPSA) is 55.6 Å². The van der Waals surface area contributed by atoms with Gasteiger partial charge >= 0.3 is 0 Å². The van der Waals surface area contributed by atoms with Crippen molar-refractivity contribution in [2.45, 2.75) is 25.0 Å². The van der Waals surface area contributed by atoms with Crippen LogP contribution in [0.4, 0.5) is 11.4 Å². The summed E-state index contributed by atoms with van der Waals surface area (Å²) in [7, 11) is 0. The Morgan fingerprint density at radius 3 is 2.72 bits per heavy atom. The van der Waals surface area contributed by atoms with E-state index >= 15 is 0 Å². The van der Waals surface area contributed by atoms with Crippen molar-refractivity contribution >= 4 is 17.5 Å². The van der Waals surface area contributed by atoms with Gasteiger partial charge in [-0.05, 0) is 50.6 Å². The first-order chi connectivity index (χ1) is 11.9. The van der Waals surface area contributed by atoms with Gasteiger partial charge in [-0.3, -0.25) is 10.1 Å². The lowest BCUT2D eigenvalue weighted by Crippen LogP contribution is -2.59. The Kier molecular flexibility index (Phi) is 3.19. The van der Waals surface area contributed by atoms with Crippen LogP contribution in [-0.4, -0.2) is 17.2 Å². The summed E-state index contributed by atoms with van der Waals surface area (Å²) in [5.41, 5.74) is 2.08. The molecule has 0 unspecified atom stereocenters. The number of rotatable bonds is 2. The lowest BCUT2D eigenvalue weighted by Gasteiger charge is -2.46. The summed E-state index contributed by atoms with van der Waals surface area (Å²) in [6.07, 6.45) is 3.92. The molecule has 2 aliphatic heterocycles. The van der Waals surface area contributed by atoms with Gasteiger partial charge in [-0.1, -0.05) is 18.2 Å². The van der Waals surface area contributed by atoms with Crippen molar-refractivity contribution in [2.24, 2.45) is 0 Å². The SMILES string of the molecule is [CH2]CN1c2ccccc2C(C)(C)[C@]12C=Cc1cc([N+](=O)[O-])ccc1O2. The number of nitrogens with zero attached hydrogens (tertiary/aromatic N) is 2. The molecule has 0 amide bonds. The van der Waals surface area contributed by atoms with Crippen LogP contribution < -0.4 is 9.64 Å². The lowest BCUT2D eigenvalue weighted by atomic mass is 9.76. The quantitative estimate of drug-likeness (QED) is 0.605. The van der Waals surface area contributed by atoms with E-state index in [0.29, 0.717) is 12.3 Å². The summed E-state index contributed by atoms with van der Waals surface area (Å²) in [6.45, 7) is 8.96. The molecule has 1 atom stereocenters. The average Bonchev–Trinajstić information content (AvgIpc) is 2.78. The van der Waals surface area contributed by atoms with Crippen LogP contribution >= 0.6 is 0 Å². The molecule has 127 valence electrons. The number of hydrogen-bond donors (Lipinski definition) is 0. The average molecular weight is 335 g/mol. The third-order valence-corrected chi connectivity index (χ3v) is 5.35. The van der Waals surface area contributed by atoms with Crippen LogP contribution in [0.2, 0.25) is 0 Å². The summed E-state index contributed by atoms with van der Waals surface area (Å²) in [4.78, 5) is 12.8. The van der Waals surface area contributed by atoms with Crippen LogP contribution in [0, 0.1) is 17.0 Å². The fraction of sp³-hybridized carbons (Fsp3) is 0.250. The molecule has 0 N–H and O–H groups in total. The van der Waals surface area contributed by atoms with Crippen molar-refractivity contribution < 1.29 is 9.66 Å². The number of nitro benzene ring substituents is 1. The maximum absolute atomic E-state index is 11.0. The highest BCUT2D eigenvalue weighted by Gasteiger charge is 2.58. The molecular formula is C20H19N2O3. The largest absolute Gasteiger partial charge is 0.463 e. The maximum Gasteiger partial charge on any atom is 0.270 e. The third kappa shape index (κ3) is 1.95. The summed E-state index contributed by atoms with van der Waals surface area (Å²) in [6, 6.07) is 13.0. The van der Waals surface area contributed by atoms with E-state index in [9.17, 15) is 10.1 Å². The first-order valence-corrected chi connectivity index (χ1v) is 8.24. The Morgan fingerprint density at radius 2 is 2.00 bits per heavy atom. The van der Waals surface area contributed by atoms with Crippen LogP contribution in [0.25, 0.3) is 6.08 Å². The molecule has 0 saturated heterocycles. The van der Waals surface area contributed by atoms with Crippen LogP contribution in [0.3, 0.4) is 0 Å². The number of non-ortho nitro benzene ring substituents is 1. The fourth-order valence-electron chi connectivity index (χ4n) is 3.99. The van der Waals surface area contributed by atoms with Gasteiger partial charge < -0.3 is 9.64 Å². The number of anilines is 1. The Balaban J connectivity index is 1.86. The maximum atomic E-state index is 11.0. The number of nitro groups is 1. The van der Waals surface area contributed by atoms with E-state index in [1.807, 2.05) is 24.3 Å². The number of para-hydroxylation sites is 1. The summed E-state index contributed by atoms with van der Waals surface area (Å²) in [5.74, 6) is 0.646. The van der Waals surface area contributed by atoms with E-state index in [1.165, 1.54) is 11.6 Å². The highest BCUT2D eigenvalue weighted by Crippen LogP contribution is 2.54. The van der Waals surface area contributed by atoms with Gasteiger partial charge in [0.1, 0.15) is 5.75 Å². The standard InChI is InChI=1S/C20H19N2O3/c1-4-21-17-8-6-5-7-16(17)19(2,3)20(21)12-11-14-13-15(22(23)24)9-10-18(14)25-20/h5-13H,1,4H2,2-3H3/t20-/m1/s1. The molecule has 0 fully saturated rings. The molecule has 2 heterocycles. The van der Waals surface area contributed by atoms with Crippen LogP contribution in [0.1, 0.15) is 25.0 Å².